The van der Waals surface area contributed by atoms with Gasteiger partial charge in [0.15, 0.2) is 5.84 Å². The van der Waals surface area contributed by atoms with Gasteiger partial charge in [0.05, 0.1) is 23.4 Å². The number of carbonyl (C=O) groups is 3. The number of carboxylic acid groups (broad SMARTS) is 1. The van der Waals surface area contributed by atoms with Gasteiger partial charge in [0.2, 0.25) is 5.91 Å². The van der Waals surface area contributed by atoms with Crippen LogP contribution in [0.4, 0.5) is 0 Å². The van der Waals surface area contributed by atoms with Crippen molar-refractivity contribution in [2.75, 3.05) is 13.2 Å². The molecule has 0 bridgehead atoms. The van der Waals surface area contributed by atoms with E-state index >= 15 is 0 Å². The van der Waals surface area contributed by atoms with Crippen LogP contribution in [0, 0.1) is 0 Å². The Labute approximate surface area is 224 Å². The van der Waals surface area contributed by atoms with Gasteiger partial charge in [-0.2, -0.15) is 0 Å². The second-order valence-electron chi connectivity index (χ2n) is 8.79. The maximum Gasteiger partial charge on any atom is 0.255 e. The minimum absolute atomic E-state index is 0.154. The largest absolute Gasteiger partial charge is 0.546 e. The lowest BCUT2D eigenvalue weighted by Crippen LogP contribution is -2.48. The Balaban J connectivity index is 1.44. The molecule has 1 aromatic heterocycles. The number of nitrogens with zero attached hydrogens (tertiary/aromatic N) is 1. The molecule has 1 aliphatic heterocycles. The molecule has 2 heterocycles. The number of amidine groups is 1. The minimum atomic E-state index is -1.37. The normalized spacial score (nSPS) is 13.0. The van der Waals surface area contributed by atoms with E-state index in [-0.39, 0.29) is 18.1 Å². The number of furan rings is 1. The van der Waals surface area contributed by atoms with Crippen LogP contribution in [0.3, 0.4) is 0 Å². The highest BCUT2D eigenvalue weighted by molar-refractivity contribution is 6.01. The zero-order valence-corrected chi connectivity index (χ0v) is 21.1. The predicted molar refractivity (Wildman–Crippen MR) is 139 cm³/mol. The Morgan fingerprint density at radius 1 is 1.05 bits per heavy atom. The number of hydrogen-bond acceptors (Lipinski definition) is 10. The third-order valence-corrected chi connectivity index (χ3v) is 5.93. The molecule has 0 spiro atoms. The summed E-state index contributed by atoms with van der Waals surface area (Å²) in [5.74, 6) is -1.54. The number of amides is 2. The molecule has 12 heteroatoms. The molecule has 0 saturated carbocycles. The molecule has 0 radical (unpaired) electrons. The molecule has 4 rings (SSSR count). The van der Waals surface area contributed by atoms with Crippen molar-refractivity contribution in [1.29, 1.82) is 0 Å². The van der Waals surface area contributed by atoms with Gasteiger partial charge >= 0.3 is 0 Å². The Morgan fingerprint density at radius 3 is 2.62 bits per heavy atom. The third-order valence-electron chi connectivity index (χ3n) is 5.93. The molecule has 0 aliphatic carbocycles. The van der Waals surface area contributed by atoms with E-state index in [1.807, 2.05) is 18.2 Å². The maximum atomic E-state index is 13.2. The Kier molecular flexibility index (Phi) is 9.51. The fraction of sp³-hybridized carbons (Fsp3) is 0.259. The summed E-state index contributed by atoms with van der Waals surface area (Å²) in [6, 6.07) is 15.7. The molecule has 1 atom stereocenters. The number of rotatable bonds is 14. The standard InChI is InChI=1S/C27H30N6O6/c34-24(35)17-39-23-10-9-19(14-21(23)25-30-32-33-31-25)15-22(29-26(36)20-11-13-38-16-20)27(37)28-12-5-4-8-18-6-2-1-3-7-18/h1-3,6-7,9-11,13-14,16,22,32-33H,4-5,8,12,15,17H2,(H,28,37)(H,29,36)(H,30,31)(H,34,35)/p-1. The highest BCUT2D eigenvalue weighted by atomic mass is 16.5. The third kappa shape index (κ3) is 8.07. The van der Waals surface area contributed by atoms with Crippen molar-refractivity contribution in [1.82, 2.24) is 27.1 Å². The lowest BCUT2D eigenvalue weighted by molar-refractivity contribution is -0.307. The van der Waals surface area contributed by atoms with E-state index in [4.69, 9.17) is 9.15 Å². The number of hydrazine groups is 2. The average Bonchev–Trinajstić information content (AvgIpc) is 3.67. The molecule has 1 aliphatic rings. The maximum absolute atomic E-state index is 13.2. The van der Waals surface area contributed by atoms with E-state index < -0.39 is 24.5 Å². The van der Waals surface area contributed by atoms with E-state index in [0.29, 0.717) is 29.1 Å². The summed E-state index contributed by atoms with van der Waals surface area (Å²) in [7, 11) is 0. The van der Waals surface area contributed by atoms with Gasteiger partial charge in [0, 0.05) is 13.0 Å². The van der Waals surface area contributed by atoms with Crippen LogP contribution in [0.2, 0.25) is 0 Å². The first kappa shape index (κ1) is 27.2. The van der Waals surface area contributed by atoms with Crippen LogP contribution in [0.15, 0.2) is 76.6 Å². The number of benzene rings is 2. The first-order valence-electron chi connectivity index (χ1n) is 12.4. The first-order valence-corrected chi connectivity index (χ1v) is 12.4. The summed E-state index contributed by atoms with van der Waals surface area (Å²) >= 11 is 0. The van der Waals surface area contributed by atoms with Gasteiger partial charge < -0.3 is 29.7 Å². The Bertz CT molecular complexity index is 1300. The topological polar surface area (TPSA) is 169 Å². The van der Waals surface area contributed by atoms with Gasteiger partial charge in [-0.3, -0.25) is 15.0 Å². The lowest BCUT2D eigenvalue weighted by Gasteiger charge is -2.20. The lowest BCUT2D eigenvalue weighted by atomic mass is 10.0. The van der Waals surface area contributed by atoms with Gasteiger partial charge in [0.1, 0.15) is 24.7 Å². The van der Waals surface area contributed by atoms with Gasteiger partial charge in [-0.25, -0.2) is 5.53 Å². The van der Waals surface area contributed by atoms with Crippen LogP contribution < -0.4 is 37.0 Å². The number of aliphatic carboxylic acids is 1. The number of carboxylic acids is 1. The zero-order chi connectivity index (χ0) is 27.5. The van der Waals surface area contributed by atoms with Crippen LogP contribution in [0.1, 0.15) is 39.9 Å². The zero-order valence-electron chi connectivity index (χ0n) is 21.1. The fourth-order valence-electron chi connectivity index (χ4n) is 3.99. The number of nitrogens with one attached hydrogen (secondary N) is 5. The second kappa shape index (κ2) is 13.6. The van der Waals surface area contributed by atoms with Gasteiger partial charge in [-0.05, 0) is 48.6 Å². The fourth-order valence-corrected chi connectivity index (χ4v) is 3.99. The molecule has 1 unspecified atom stereocenters. The van der Waals surface area contributed by atoms with Gasteiger partial charge in [0.25, 0.3) is 5.91 Å². The van der Waals surface area contributed by atoms with Crippen LogP contribution in [0.5, 0.6) is 5.75 Å². The monoisotopic (exact) mass is 533 g/mol. The van der Waals surface area contributed by atoms with Crippen molar-refractivity contribution in [3.8, 4) is 5.75 Å². The van der Waals surface area contributed by atoms with E-state index in [9.17, 15) is 19.5 Å². The van der Waals surface area contributed by atoms with E-state index in [1.165, 1.54) is 24.2 Å². The van der Waals surface area contributed by atoms with Crippen LogP contribution >= 0.6 is 0 Å². The summed E-state index contributed by atoms with van der Waals surface area (Å²) < 4.78 is 10.3. The summed E-state index contributed by atoms with van der Waals surface area (Å²) in [5.41, 5.74) is 10.6. The van der Waals surface area contributed by atoms with Crippen molar-refractivity contribution < 1.29 is 28.6 Å². The van der Waals surface area contributed by atoms with Gasteiger partial charge in [-0.1, -0.05) is 36.4 Å². The average molecular weight is 534 g/mol. The number of unbranched alkanes of at least 4 members (excludes halogenated alkanes) is 1. The summed E-state index contributed by atoms with van der Waals surface area (Å²) in [6.45, 7) is -0.181. The van der Waals surface area contributed by atoms with E-state index in [2.05, 4.69) is 44.4 Å². The number of ether oxygens (including phenoxy) is 1. The number of aryl methyl sites for hydroxylation is 1. The summed E-state index contributed by atoms with van der Waals surface area (Å²) in [6.07, 6.45) is 5.44. The quantitative estimate of drug-likeness (QED) is 0.181. The molecule has 12 nitrogen and oxygen atoms in total. The Hall–Kier alpha value is -4.84. The molecule has 2 amide bonds. The molecular formula is C27H29N6O6-. The predicted octanol–water partition coefficient (Wildman–Crippen LogP) is 0.163. The van der Waals surface area contributed by atoms with Crippen LogP contribution in [-0.4, -0.2) is 42.8 Å². The number of carbonyl (C=O) groups excluding carboxylic acids is 3. The molecule has 5 N–H and O–H groups in total. The van der Waals surface area contributed by atoms with E-state index in [1.54, 1.807) is 18.2 Å². The van der Waals surface area contributed by atoms with Crippen molar-refractivity contribution in [3.05, 3.63) is 89.4 Å². The molecule has 0 saturated heterocycles. The summed E-state index contributed by atoms with van der Waals surface area (Å²) in [4.78, 5) is 36.8. The molecular weight excluding hydrogens is 504 g/mol. The van der Waals surface area contributed by atoms with Crippen molar-refractivity contribution in [2.45, 2.75) is 31.7 Å². The van der Waals surface area contributed by atoms with Crippen molar-refractivity contribution >= 4 is 23.6 Å². The molecule has 39 heavy (non-hydrogen) atoms. The van der Waals surface area contributed by atoms with Crippen molar-refractivity contribution in [2.24, 2.45) is 5.10 Å². The highest BCUT2D eigenvalue weighted by Gasteiger charge is 2.24. The molecule has 3 aromatic rings. The number of hydrogen-bond donors (Lipinski definition) is 5. The second-order valence-corrected chi connectivity index (χ2v) is 8.79. The highest BCUT2D eigenvalue weighted by Crippen LogP contribution is 2.22. The Morgan fingerprint density at radius 2 is 1.90 bits per heavy atom. The number of hydrazone groups is 1. The van der Waals surface area contributed by atoms with E-state index in [0.717, 1.165) is 19.3 Å². The minimum Gasteiger partial charge on any atom is -0.546 e. The summed E-state index contributed by atoms with van der Waals surface area (Å²) in [5, 5.41) is 20.7. The van der Waals surface area contributed by atoms with Crippen LogP contribution in [-0.2, 0) is 22.4 Å². The molecule has 2 aromatic carbocycles. The first-order chi connectivity index (χ1) is 19.0. The molecule has 0 fully saturated rings. The van der Waals surface area contributed by atoms with Gasteiger partial charge in [-0.15, -0.1) is 10.6 Å². The smallest absolute Gasteiger partial charge is 0.255 e. The van der Waals surface area contributed by atoms with Crippen LogP contribution in [0.25, 0.3) is 0 Å². The SMILES string of the molecule is O=C([O-])COc1ccc(CC(NC(=O)c2ccoc2)C(=O)NCCCCc2ccccc2)cc1C1=NNNN1. The molecule has 204 valence electrons. The van der Waals surface area contributed by atoms with Crippen molar-refractivity contribution in [3.63, 3.8) is 0 Å².